The first-order chi connectivity index (χ1) is 7.75. The molecule has 2 rings (SSSR count). The first kappa shape index (κ1) is 11.3. The fourth-order valence-corrected chi connectivity index (χ4v) is 2.21. The second kappa shape index (κ2) is 5.23. The lowest BCUT2D eigenvalue weighted by molar-refractivity contribution is 0.323. The molecule has 0 aliphatic rings. The standard InChI is InChI=1S/C12H12ClNOS/c13-11-4-3-9(14)8-12(11)15-6-5-10-2-1-7-16-10/h1-4,7-8H,5-6,14H2. The molecule has 16 heavy (non-hydrogen) atoms. The summed E-state index contributed by atoms with van der Waals surface area (Å²) < 4.78 is 5.59. The van der Waals surface area contributed by atoms with E-state index in [1.165, 1.54) is 4.88 Å². The van der Waals surface area contributed by atoms with Crippen molar-refractivity contribution in [2.75, 3.05) is 12.3 Å². The minimum absolute atomic E-state index is 0.598. The summed E-state index contributed by atoms with van der Waals surface area (Å²) in [7, 11) is 0. The molecule has 0 saturated carbocycles. The molecule has 2 N–H and O–H groups in total. The Labute approximate surface area is 104 Å². The Morgan fingerprint density at radius 1 is 1.31 bits per heavy atom. The highest BCUT2D eigenvalue weighted by atomic mass is 35.5. The van der Waals surface area contributed by atoms with Crippen LogP contribution in [0.3, 0.4) is 0 Å². The van der Waals surface area contributed by atoms with Gasteiger partial charge in [-0.1, -0.05) is 17.7 Å². The molecule has 0 radical (unpaired) electrons. The van der Waals surface area contributed by atoms with Gasteiger partial charge in [0.25, 0.3) is 0 Å². The average Bonchev–Trinajstić information content (AvgIpc) is 2.76. The van der Waals surface area contributed by atoms with Gasteiger partial charge in [-0.05, 0) is 23.6 Å². The van der Waals surface area contributed by atoms with Gasteiger partial charge in [-0.2, -0.15) is 0 Å². The van der Waals surface area contributed by atoms with E-state index in [1.54, 1.807) is 29.5 Å². The summed E-state index contributed by atoms with van der Waals surface area (Å²) >= 11 is 7.71. The Morgan fingerprint density at radius 2 is 2.19 bits per heavy atom. The Bertz CT molecular complexity index is 456. The van der Waals surface area contributed by atoms with Crippen molar-refractivity contribution in [1.82, 2.24) is 0 Å². The SMILES string of the molecule is Nc1ccc(Cl)c(OCCc2cccs2)c1. The van der Waals surface area contributed by atoms with Crippen LogP contribution in [0.4, 0.5) is 5.69 Å². The molecular formula is C12H12ClNOS. The van der Waals surface area contributed by atoms with Crippen molar-refractivity contribution in [2.24, 2.45) is 0 Å². The molecule has 0 aliphatic heterocycles. The number of benzene rings is 1. The van der Waals surface area contributed by atoms with E-state index in [0.29, 0.717) is 23.1 Å². The molecule has 1 aromatic heterocycles. The highest BCUT2D eigenvalue weighted by Gasteiger charge is 2.02. The number of halogens is 1. The van der Waals surface area contributed by atoms with E-state index in [1.807, 2.05) is 6.07 Å². The molecule has 1 aromatic carbocycles. The highest BCUT2D eigenvalue weighted by molar-refractivity contribution is 7.09. The van der Waals surface area contributed by atoms with Crippen LogP contribution in [0.1, 0.15) is 4.88 Å². The monoisotopic (exact) mass is 253 g/mol. The molecule has 0 unspecified atom stereocenters. The summed E-state index contributed by atoms with van der Waals surface area (Å²) in [5, 5.41) is 2.66. The second-order valence-corrected chi connectivity index (χ2v) is 4.81. The molecule has 0 bridgehead atoms. The lowest BCUT2D eigenvalue weighted by atomic mass is 10.3. The van der Waals surface area contributed by atoms with Crippen LogP contribution in [-0.2, 0) is 6.42 Å². The van der Waals surface area contributed by atoms with Gasteiger partial charge < -0.3 is 10.5 Å². The van der Waals surface area contributed by atoms with Crippen molar-refractivity contribution in [1.29, 1.82) is 0 Å². The molecule has 0 spiro atoms. The van der Waals surface area contributed by atoms with Crippen molar-refractivity contribution >= 4 is 28.6 Å². The van der Waals surface area contributed by atoms with E-state index in [0.717, 1.165) is 6.42 Å². The first-order valence-electron chi connectivity index (χ1n) is 4.96. The van der Waals surface area contributed by atoms with Gasteiger partial charge in [0.1, 0.15) is 5.75 Å². The summed E-state index contributed by atoms with van der Waals surface area (Å²) in [6.07, 6.45) is 0.892. The second-order valence-electron chi connectivity index (χ2n) is 3.37. The van der Waals surface area contributed by atoms with Crippen LogP contribution in [0.5, 0.6) is 5.75 Å². The quantitative estimate of drug-likeness (QED) is 0.845. The van der Waals surface area contributed by atoms with Crippen LogP contribution in [0.25, 0.3) is 0 Å². The van der Waals surface area contributed by atoms with Crippen LogP contribution in [0, 0.1) is 0 Å². The van der Waals surface area contributed by atoms with Gasteiger partial charge in [0.2, 0.25) is 0 Å². The summed E-state index contributed by atoms with van der Waals surface area (Å²) in [5.74, 6) is 0.651. The van der Waals surface area contributed by atoms with Crippen molar-refractivity contribution in [2.45, 2.75) is 6.42 Å². The van der Waals surface area contributed by atoms with Gasteiger partial charge in [0, 0.05) is 23.1 Å². The fourth-order valence-electron chi connectivity index (χ4n) is 1.35. The predicted molar refractivity (Wildman–Crippen MR) is 69.4 cm³/mol. The lowest BCUT2D eigenvalue weighted by Crippen LogP contribution is -2.01. The molecule has 2 aromatic rings. The summed E-state index contributed by atoms with van der Waals surface area (Å²) in [4.78, 5) is 1.31. The zero-order valence-electron chi connectivity index (χ0n) is 8.65. The first-order valence-corrected chi connectivity index (χ1v) is 6.21. The van der Waals surface area contributed by atoms with E-state index in [2.05, 4.69) is 11.4 Å². The zero-order chi connectivity index (χ0) is 11.4. The average molecular weight is 254 g/mol. The number of rotatable bonds is 4. The maximum atomic E-state index is 5.98. The van der Waals surface area contributed by atoms with Crippen molar-refractivity contribution in [3.63, 3.8) is 0 Å². The molecular weight excluding hydrogens is 242 g/mol. The summed E-state index contributed by atoms with van der Waals surface area (Å²) in [5.41, 5.74) is 6.32. The van der Waals surface area contributed by atoms with Crippen LogP contribution in [-0.4, -0.2) is 6.61 Å². The summed E-state index contributed by atoms with van der Waals surface area (Å²) in [6, 6.07) is 9.38. The predicted octanol–water partition coefficient (Wildman–Crippen LogP) is 3.61. The van der Waals surface area contributed by atoms with E-state index < -0.39 is 0 Å². The van der Waals surface area contributed by atoms with Crippen molar-refractivity contribution < 1.29 is 4.74 Å². The fraction of sp³-hybridized carbons (Fsp3) is 0.167. The van der Waals surface area contributed by atoms with Gasteiger partial charge in [0.15, 0.2) is 0 Å². The number of hydrogen-bond donors (Lipinski definition) is 1. The van der Waals surface area contributed by atoms with Gasteiger partial charge in [-0.25, -0.2) is 0 Å². The number of nitrogens with two attached hydrogens (primary N) is 1. The molecule has 4 heteroatoms. The van der Waals surface area contributed by atoms with Crippen LogP contribution in [0.15, 0.2) is 35.7 Å². The molecule has 0 amide bonds. The lowest BCUT2D eigenvalue weighted by Gasteiger charge is -2.07. The van der Waals surface area contributed by atoms with E-state index in [4.69, 9.17) is 22.1 Å². The third-order valence-electron chi connectivity index (χ3n) is 2.14. The Kier molecular flexibility index (Phi) is 3.70. The van der Waals surface area contributed by atoms with Gasteiger partial charge in [0.05, 0.1) is 11.6 Å². The molecule has 84 valence electrons. The molecule has 0 saturated heterocycles. The van der Waals surface area contributed by atoms with Crippen molar-refractivity contribution in [3.8, 4) is 5.75 Å². The van der Waals surface area contributed by atoms with Gasteiger partial charge >= 0.3 is 0 Å². The molecule has 0 aliphatic carbocycles. The topological polar surface area (TPSA) is 35.2 Å². The largest absolute Gasteiger partial charge is 0.492 e. The van der Waals surface area contributed by atoms with E-state index >= 15 is 0 Å². The molecule has 2 nitrogen and oxygen atoms in total. The van der Waals surface area contributed by atoms with Crippen molar-refractivity contribution in [3.05, 3.63) is 45.6 Å². The maximum Gasteiger partial charge on any atom is 0.139 e. The Balaban J connectivity index is 1.92. The minimum Gasteiger partial charge on any atom is -0.492 e. The minimum atomic E-state index is 0.598. The van der Waals surface area contributed by atoms with E-state index in [-0.39, 0.29) is 0 Å². The Hall–Kier alpha value is -1.19. The number of hydrogen-bond acceptors (Lipinski definition) is 3. The summed E-state index contributed by atoms with van der Waals surface area (Å²) in [6.45, 7) is 0.615. The third-order valence-corrected chi connectivity index (χ3v) is 3.39. The number of ether oxygens (including phenoxy) is 1. The van der Waals surface area contributed by atoms with Crippen LogP contribution >= 0.6 is 22.9 Å². The van der Waals surface area contributed by atoms with Crippen LogP contribution < -0.4 is 10.5 Å². The van der Waals surface area contributed by atoms with E-state index in [9.17, 15) is 0 Å². The van der Waals surface area contributed by atoms with Gasteiger partial charge in [-0.3, -0.25) is 0 Å². The number of anilines is 1. The molecule has 1 heterocycles. The van der Waals surface area contributed by atoms with Gasteiger partial charge in [-0.15, -0.1) is 11.3 Å². The molecule has 0 fully saturated rings. The third kappa shape index (κ3) is 2.90. The zero-order valence-corrected chi connectivity index (χ0v) is 10.2. The Morgan fingerprint density at radius 3 is 2.94 bits per heavy atom. The highest BCUT2D eigenvalue weighted by Crippen LogP contribution is 2.26. The number of thiophene rings is 1. The smallest absolute Gasteiger partial charge is 0.139 e. The maximum absolute atomic E-state index is 5.98. The number of nitrogen functional groups attached to an aromatic ring is 1. The molecule has 0 atom stereocenters. The normalized spacial score (nSPS) is 10.3. The van der Waals surface area contributed by atoms with Crippen LogP contribution in [0.2, 0.25) is 5.02 Å².